The first-order valence-electron chi connectivity index (χ1n) is 11.9. The van der Waals surface area contributed by atoms with Gasteiger partial charge in [-0.15, -0.1) is 0 Å². The van der Waals surface area contributed by atoms with Crippen LogP contribution in [0.1, 0.15) is 40.2 Å². The summed E-state index contributed by atoms with van der Waals surface area (Å²) in [5, 5.41) is 10.2. The van der Waals surface area contributed by atoms with Crippen molar-refractivity contribution in [1.82, 2.24) is 20.0 Å². The Morgan fingerprint density at radius 2 is 1.71 bits per heavy atom. The highest BCUT2D eigenvalue weighted by atomic mass is 16.2. The van der Waals surface area contributed by atoms with E-state index in [4.69, 9.17) is 0 Å². The van der Waals surface area contributed by atoms with E-state index in [1.165, 1.54) is 0 Å². The number of aromatic nitrogens is 2. The summed E-state index contributed by atoms with van der Waals surface area (Å²) in [6.07, 6.45) is 1.67. The molecule has 0 radical (unpaired) electrons. The first-order valence-corrected chi connectivity index (χ1v) is 11.9. The molecule has 1 aromatic heterocycles. The minimum Gasteiger partial charge on any atom is -0.338 e. The second-order valence-electron chi connectivity index (χ2n) is 9.08. The van der Waals surface area contributed by atoms with E-state index in [0.29, 0.717) is 36.6 Å². The number of urea groups is 1. The number of anilines is 1. The average Bonchev–Trinajstić information content (AvgIpc) is 3.17. The lowest BCUT2D eigenvalue weighted by Gasteiger charge is -2.32. The molecule has 1 aliphatic heterocycles. The van der Waals surface area contributed by atoms with Gasteiger partial charge in [0.1, 0.15) is 0 Å². The normalized spacial score (nSPS) is 15.5. The third kappa shape index (κ3) is 5.59. The van der Waals surface area contributed by atoms with Crippen molar-refractivity contribution < 1.29 is 14.4 Å². The zero-order chi connectivity index (χ0) is 24.9. The lowest BCUT2D eigenvalue weighted by molar-refractivity contribution is -0.128. The zero-order valence-electron chi connectivity index (χ0n) is 20.4. The van der Waals surface area contributed by atoms with Gasteiger partial charge >= 0.3 is 6.03 Å². The fourth-order valence-corrected chi connectivity index (χ4v) is 4.51. The standard InChI is InChI=1S/C27H31N5O3/c1-18-11-13-22(14-12-18)29-27(35)28-16-21-8-7-15-31(17-21)26(34)25(33)24-19(2)30-32(20(24)3)23-9-5-4-6-10-23/h4-6,9-14,21H,7-8,15-17H2,1-3H3,(H2,28,29,35). The molecule has 1 fully saturated rings. The van der Waals surface area contributed by atoms with Gasteiger partial charge in [0.15, 0.2) is 0 Å². The first-order chi connectivity index (χ1) is 16.8. The van der Waals surface area contributed by atoms with Crippen LogP contribution in [0.5, 0.6) is 0 Å². The third-order valence-electron chi connectivity index (χ3n) is 6.38. The summed E-state index contributed by atoms with van der Waals surface area (Å²) in [5.41, 5.74) is 4.23. The number of ketones is 1. The number of carbonyl (C=O) groups is 3. The van der Waals surface area contributed by atoms with Crippen LogP contribution < -0.4 is 10.6 Å². The largest absolute Gasteiger partial charge is 0.338 e. The third-order valence-corrected chi connectivity index (χ3v) is 6.38. The number of likely N-dealkylation sites (tertiary alicyclic amines) is 1. The Kier molecular flexibility index (Phi) is 7.29. The minimum atomic E-state index is -0.534. The second-order valence-corrected chi connectivity index (χ2v) is 9.08. The molecule has 1 atom stereocenters. The Labute approximate surface area is 205 Å². The predicted molar refractivity (Wildman–Crippen MR) is 135 cm³/mol. The van der Waals surface area contributed by atoms with Gasteiger partial charge in [-0.2, -0.15) is 5.10 Å². The van der Waals surface area contributed by atoms with Crippen LogP contribution in [-0.4, -0.2) is 52.0 Å². The maximum atomic E-state index is 13.2. The zero-order valence-corrected chi connectivity index (χ0v) is 20.4. The van der Waals surface area contributed by atoms with E-state index in [0.717, 1.165) is 29.8 Å². The van der Waals surface area contributed by atoms with Crippen molar-refractivity contribution in [2.45, 2.75) is 33.6 Å². The van der Waals surface area contributed by atoms with Crippen molar-refractivity contribution in [1.29, 1.82) is 0 Å². The molecule has 0 bridgehead atoms. The molecule has 8 heteroatoms. The van der Waals surface area contributed by atoms with Crippen molar-refractivity contribution >= 4 is 23.4 Å². The molecule has 2 aromatic carbocycles. The number of hydrogen-bond acceptors (Lipinski definition) is 4. The topological polar surface area (TPSA) is 96.3 Å². The lowest BCUT2D eigenvalue weighted by Crippen LogP contribution is -2.46. The lowest BCUT2D eigenvalue weighted by atomic mass is 9.97. The van der Waals surface area contributed by atoms with E-state index < -0.39 is 11.7 Å². The van der Waals surface area contributed by atoms with E-state index in [1.54, 1.807) is 16.5 Å². The Bertz CT molecular complexity index is 1220. The van der Waals surface area contributed by atoms with Crippen LogP contribution in [0.25, 0.3) is 5.69 Å². The Balaban J connectivity index is 1.37. The highest BCUT2D eigenvalue weighted by molar-refractivity contribution is 6.43. The number of carbonyl (C=O) groups excluding carboxylic acids is 3. The summed E-state index contributed by atoms with van der Waals surface area (Å²) in [5.74, 6) is -0.968. The Hall–Kier alpha value is -3.94. The first kappa shape index (κ1) is 24.2. The summed E-state index contributed by atoms with van der Waals surface area (Å²) in [4.78, 5) is 40.2. The van der Waals surface area contributed by atoms with E-state index in [9.17, 15) is 14.4 Å². The van der Waals surface area contributed by atoms with Crippen LogP contribution in [-0.2, 0) is 4.79 Å². The fraction of sp³-hybridized carbons (Fsp3) is 0.333. The molecule has 8 nitrogen and oxygen atoms in total. The summed E-state index contributed by atoms with van der Waals surface area (Å²) in [7, 11) is 0. The predicted octanol–water partition coefficient (Wildman–Crippen LogP) is 4.04. The molecule has 1 unspecified atom stereocenters. The van der Waals surface area contributed by atoms with E-state index in [2.05, 4.69) is 15.7 Å². The van der Waals surface area contributed by atoms with Crippen LogP contribution >= 0.6 is 0 Å². The minimum absolute atomic E-state index is 0.0819. The van der Waals surface area contributed by atoms with Gasteiger partial charge in [-0.05, 0) is 63.8 Å². The molecule has 35 heavy (non-hydrogen) atoms. The summed E-state index contributed by atoms with van der Waals surface area (Å²) >= 11 is 0. The Morgan fingerprint density at radius 3 is 2.43 bits per heavy atom. The van der Waals surface area contributed by atoms with Gasteiger partial charge in [0.25, 0.3) is 11.7 Å². The van der Waals surface area contributed by atoms with Crippen LogP contribution in [0.4, 0.5) is 10.5 Å². The molecule has 4 rings (SSSR count). The molecule has 1 aliphatic rings. The number of para-hydroxylation sites is 1. The van der Waals surface area contributed by atoms with Crippen molar-refractivity contribution in [3.8, 4) is 5.69 Å². The number of piperidine rings is 1. The van der Waals surface area contributed by atoms with Crippen LogP contribution in [0.15, 0.2) is 54.6 Å². The second kappa shape index (κ2) is 10.5. The van der Waals surface area contributed by atoms with Crippen LogP contribution in [0, 0.1) is 26.7 Å². The molecular formula is C27H31N5O3. The van der Waals surface area contributed by atoms with Gasteiger partial charge in [-0.25, -0.2) is 9.48 Å². The van der Waals surface area contributed by atoms with Gasteiger partial charge in [-0.3, -0.25) is 9.59 Å². The number of amides is 3. The smallest absolute Gasteiger partial charge is 0.319 e. The number of nitrogens with one attached hydrogen (secondary N) is 2. The van der Waals surface area contributed by atoms with E-state index >= 15 is 0 Å². The number of hydrogen-bond donors (Lipinski definition) is 2. The van der Waals surface area contributed by atoms with Gasteiger partial charge < -0.3 is 15.5 Å². The Morgan fingerprint density at radius 1 is 1.00 bits per heavy atom. The number of aryl methyl sites for hydroxylation is 2. The quantitative estimate of drug-likeness (QED) is 0.417. The molecule has 0 spiro atoms. The van der Waals surface area contributed by atoms with Gasteiger partial charge in [0, 0.05) is 25.3 Å². The molecule has 3 amide bonds. The maximum absolute atomic E-state index is 13.2. The summed E-state index contributed by atoms with van der Waals surface area (Å²) in [6, 6.07) is 16.8. The highest BCUT2D eigenvalue weighted by Crippen LogP contribution is 2.22. The van der Waals surface area contributed by atoms with E-state index in [-0.39, 0.29) is 11.9 Å². The number of nitrogens with zero attached hydrogens (tertiary/aromatic N) is 3. The maximum Gasteiger partial charge on any atom is 0.319 e. The molecule has 0 saturated carbocycles. The SMILES string of the molecule is Cc1ccc(NC(=O)NCC2CCCN(C(=O)C(=O)c3c(C)nn(-c4ccccc4)c3C)C2)cc1. The number of Topliss-reactive ketones (excluding diaryl/α,β-unsaturated/α-hetero) is 1. The van der Waals surface area contributed by atoms with Crippen molar-refractivity contribution in [3.05, 3.63) is 77.1 Å². The molecule has 1 saturated heterocycles. The molecular weight excluding hydrogens is 442 g/mol. The molecule has 2 N–H and O–H groups in total. The van der Waals surface area contributed by atoms with Gasteiger partial charge in [-0.1, -0.05) is 35.9 Å². The van der Waals surface area contributed by atoms with Crippen molar-refractivity contribution in [2.75, 3.05) is 25.0 Å². The molecule has 182 valence electrons. The summed E-state index contributed by atoms with van der Waals surface area (Å²) < 4.78 is 1.70. The van der Waals surface area contributed by atoms with Crippen LogP contribution in [0.2, 0.25) is 0 Å². The van der Waals surface area contributed by atoms with Gasteiger partial charge in [0.05, 0.1) is 22.6 Å². The highest BCUT2D eigenvalue weighted by Gasteiger charge is 2.32. The molecule has 3 aromatic rings. The van der Waals surface area contributed by atoms with Crippen LogP contribution in [0.3, 0.4) is 0 Å². The van der Waals surface area contributed by atoms with Crippen molar-refractivity contribution in [2.24, 2.45) is 5.92 Å². The van der Waals surface area contributed by atoms with E-state index in [1.807, 2.05) is 68.4 Å². The van der Waals surface area contributed by atoms with Gasteiger partial charge in [0.2, 0.25) is 0 Å². The fourth-order valence-electron chi connectivity index (χ4n) is 4.51. The number of rotatable bonds is 6. The average molecular weight is 474 g/mol. The number of benzene rings is 2. The monoisotopic (exact) mass is 473 g/mol. The summed E-state index contributed by atoms with van der Waals surface area (Å²) in [6.45, 7) is 6.94. The molecule has 0 aliphatic carbocycles. The van der Waals surface area contributed by atoms with Crippen molar-refractivity contribution in [3.63, 3.8) is 0 Å². The molecule has 2 heterocycles.